The molecule has 0 spiro atoms. The van der Waals surface area contributed by atoms with Gasteiger partial charge in [0.15, 0.2) is 29.6 Å². The fourth-order valence-electron chi connectivity index (χ4n) is 2.79. The Labute approximate surface area is 184 Å². The molecule has 0 aliphatic heterocycles. The number of rotatable bonds is 14. The third-order valence-electron chi connectivity index (χ3n) is 4.35. The highest BCUT2D eigenvalue weighted by atomic mass is 16.5. The molecule has 0 saturated carbocycles. The van der Waals surface area contributed by atoms with Crippen molar-refractivity contribution >= 4 is 12.1 Å². The lowest BCUT2D eigenvalue weighted by molar-refractivity contribution is -0.123. The first-order valence-electron chi connectivity index (χ1n) is 10.6. The average molecular weight is 429 g/mol. The van der Waals surface area contributed by atoms with Crippen molar-refractivity contribution in [2.75, 3.05) is 26.9 Å². The summed E-state index contributed by atoms with van der Waals surface area (Å²) in [6, 6.07) is 12.7. The first-order valence-corrected chi connectivity index (χ1v) is 10.6. The maximum absolute atomic E-state index is 12.0. The lowest BCUT2D eigenvalue weighted by atomic mass is 10.2. The van der Waals surface area contributed by atoms with Crippen molar-refractivity contribution in [2.45, 2.75) is 39.5 Å². The number of nitrogens with one attached hydrogen (secondary N) is 1. The molecule has 0 unspecified atom stereocenters. The molecule has 2 rings (SSSR count). The maximum Gasteiger partial charge on any atom is 0.277 e. The number of unbranched alkanes of at least 4 members (excludes halogenated alkanes) is 3. The molecule has 0 bridgehead atoms. The highest BCUT2D eigenvalue weighted by Gasteiger charge is 2.07. The number of hydrogen-bond donors (Lipinski definition) is 1. The van der Waals surface area contributed by atoms with Gasteiger partial charge in [-0.1, -0.05) is 38.3 Å². The number of para-hydroxylation sites is 2. The number of hydrazone groups is 1. The van der Waals surface area contributed by atoms with E-state index in [2.05, 4.69) is 17.5 Å². The van der Waals surface area contributed by atoms with E-state index in [0.717, 1.165) is 18.4 Å². The fraction of sp³-hybridized carbons (Fsp3) is 0.417. The van der Waals surface area contributed by atoms with E-state index in [1.807, 2.05) is 37.3 Å². The number of carbonyl (C=O) groups is 1. The quantitative estimate of drug-likeness (QED) is 0.271. The van der Waals surface area contributed by atoms with Gasteiger partial charge in [-0.05, 0) is 49.2 Å². The van der Waals surface area contributed by atoms with Crippen LogP contribution in [0, 0.1) is 0 Å². The summed E-state index contributed by atoms with van der Waals surface area (Å²) in [5, 5.41) is 3.98. The van der Waals surface area contributed by atoms with Gasteiger partial charge in [0.2, 0.25) is 0 Å². The van der Waals surface area contributed by atoms with Crippen LogP contribution in [0.5, 0.6) is 23.0 Å². The Balaban J connectivity index is 1.83. The summed E-state index contributed by atoms with van der Waals surface area (Å²) in [6.07, 6.45) is 6.12. The van der Waals surface area contributed by atoms with Crippen molar-refractivity contribution in [3.63, 3.8) is 0 Å². The summed E-state index contributed by atoms with van der Waals surface area (Å²) in [5.41, 5.74) is 3.23. The highest BCUT2D eigenvalue weighted by Crippen LogP contribution is 2.28. The van der Waals surface area contributed by atoms with Gasteiger partial charge >= 0.3 is 0 Å². The molecule has 0 saturated heterocycles. The van der Waals surface area contributed by atoms with Gasteiger partial charge < -0.3 is 18.9 Å². The smallest absolute Gasteiger partial charge is 0.277 e. The molecule has 0 atom stereocenters. The van der Waals surface area contributed by atoms with Crippen LogP contribution >= 0.6 is 0 Å². The summed E-state index contributed by atoms with van der Waals surface area (Å²) in [5.74, 6) is 2.06. The zero-order valence-electron chi connectivity index (χ0n) is 18.6. The molecule has 0 radical (unpaired) electrons. The molecule has 1 N–H and O–H groups in total. The van der Waals surface area contributed by atoms with Crippen molar-refractivity contribution in [3.8, 4) is 23.0 Å². The van der Waals surface area contributed by atoms with Crippen LogP contribution in [-0.4, -0.2) is 39.1 Å². The number of benzene rings is 2. The van der Waals surface area contributed by atoms with Gasteiger partial charge in [-0.2, -0.15) is 5.10 Å². The summed E-state index contributed by atoms with van der Waals surface area (Å²) in [4.78, 5) is 12.0. The molecular formula is C24H32N2O5. The molecule has 0 aliphatic rings. The van der Waals surface area contributed by atoms with Gasteiger partial charge in [0, 0.05) is 0 Å². The molecule has 0 heterocycles. The Kier molecular flexibility index (Phi) is 10.8. The van der Waals surface area contributed by atoms with Crippen molar-refractivity contribution in [1.29, 1.82) is 0 Å². The van der Waals surface area contributed by atoms with E-state index in [9.17, 15) is 4.79 Å². The zero-order chi connectivity index (χ0) is 22.3. The number of ether oxygens (including phenoxy) is 4. The van der Waals surface area contributed by atoms with Crippen molar-refractivity contribution < 1.29 is 23.7 Å². The van der Waals surface area contributed by atoms with Crippen LogP contribution in [0.2, 0.25) is 0 Å². The second kappa shape index (κ2) is 13.9. The van der Waals surface area contributed by atoms with E-state index in [0.29, 0.717) is 36.2 Å². The van der Waals surface area contributed by atoms with Crippen LogP contribution < -0.4 is 24.4 Å². The van der Waals surface area contributed by atoms with Gasteiger partial charge in [-0.15, -0.1) is 0 Å². The second-order valence-electron chi connectivity index (χ2n) is 6.78. The molecule has 2 aromatic carbocycles. The first kappa shape index (κ1) is 24.1. The molecule has 0 aliphatic carbocycles. The molecular weight excluding hydrogens is 396 g/mol. The third kappa shape index (κ3) is 8.58. The number of hydrogen-bond acceptors (Lipinski definition) is 6. The second-order valence-corrected chi connectivity index (χ2v) is 6.78. The molecule has 0 fully saturated rings. The lowest BCUT2D eigenvalue weighted by Crippen LogP contribution is -2.24. The zero-order valence-corrected chi connectivity index (χ0v) is 18.6. The molecule has 0 aromatic heterocycles. The summed E-state index contributed by atoms with van der Waals surface area (Å²) in [6.45, 7) is 5.07. The summed E-state index contributed by atoms with van der Waals surface area (Å²) >= 11 is 0. The van der Waals surface area contributed by atoms with E-state index in [1.54, 1.807) is 25.5 Å². The van der Waals surface area contributed by atoms with Gasteiger partial charge in [-0.3, -0.25) is 4.79 Å². The summed E-state index contributed by atoms with van der Waals surface area (Å²) < 4.78 is 22.2. The van der Waals surface area contributed by atoms with Crippen LogP contribution in [0.15, 0.2) is 47.6 Å². The molecule has 2 aromatic rings. The Bertz CT molecular complexity index is 838. The van der Waals surface area contributed by atoms with Gasteiger partial charge in [-0.25, -0.2) is 5.43 Å². The molecule has 168 valence electrons. The van der Waals surface area contributed by atoms with Crippen LogP contribution in [0.25, 0.3) is 0 Å². The predicted molar refractivity (Wildman–Crippen MR) is 121 cm³/mol. The number of nitrogens with zero attached hydrogens (tertiary/aromatic N) is 1. The molecule has 31 heavy (non-hydrogen) atoms. The van der Waals surface area contributed by atoms with E-state index < -0.39 is 0 Å². The number of carbonyl (C=O) groups excluding carboxylic acids is 1. The van der Waals surface area contributed by atoms with Gasteiger partial charge in [0.05, 0.1) is 26.5 Å². The van der Waals surface area contributed by atoms with Crippen LogP contribution in [-0.2, 0) is 4.79 Å². The average Bonchev–Trinajstić information content (AvgIpc) is 2.79. The number of amides is 1. The summed E-state index contributed by atoms with van der Waals surface area (Å²) in [7, 11) is 1.60. The minimum Gasteiger partial charge on any atom is -0.493 e. The standard InChI is InChI=1S/C24H32N2O5/c1-4-6-7-10-15-30-22-14-13-19(16-23(22)28-3)17-25-26-24(27)18-31-21-12-9-8-11-20(21)29-5-2/h8-9,11-14,16-17H,4-7,10,15,18H2,1-3H3,(H,26,27). The minimum absolute atomic E-state index is 0.171. The monoisotopic (exact) mass is 428 g/mol. The van der Waals surface area contributed by atoms with E-state index in [4.69, 9.17) is 18.9 Å². The van der Waals surface area contributed by atoms with Crippen molar-refractivity contribution in [3.05, 3.63) is 48.0 Å². The van der Waals surface area contributed by atoms with Crippen molar-refractivity contribution in [1.82, 2.24) is 5.43 Å². The van der Waals surface area contributed by atoms with Crippen molar-refractivity contribution in [2.24, 2.45) is 5.10 Å². The fourth-order valence-corrected chi connectivity index (χ4v) is 2.79. The van der Waals surface area contributed by atoms with Crippen LogP contribution in [0.1, 0.15) is 45.1 Å². The lowest BCUT2D eigenvalue weighted by Gasteiger charge is -2.11. The molecule has 1 amide bonds. The highest BCUT2D eigenvalue weighted by molar-refractivity contribution is 5.83. The first-order chi connectivity index (χ1) is 15.2. The Hall–Kier alpha value is -3.22. The number of methoxy groups -OCH3 is 1. The predicted octanol–water partition coefficient (Wildman–Crippen LogP) is 4.58. The topological polar surface area (TPSA) is 78.4 Å². The van der Waals surface area contributed by atoms with E-state index in [1.165, 1.54) is 12.8 Å². The Morgan fingerprint density at radius 1 is 0.935 bits per heavy atom. The van der Waals surface area contributed by atoms with E-state index in [-0.39, 0.29) is 12.5 Å². The Morgan fingerprint density at radius 3 is 2.39 bits per heavy atom. The Morgan fingerprint density at radius 2 is 1.68 bits per heavy atom. The normalized spacial score (nSPS) is 10.7. The van der Waals surface area contributed by atoms with Gasteiger partial charge in [0.25, 0.3) is 5.91 Å². The minimum atomic E-state index is -0.374. The SMILES string of the molecule is CCCCCCOc1ccc(C=NNC(=O)COc2ccccc2OCC)cc1OC. The molecule has 7 nitrogen and oxygen atoms in total. The van der Waals surface area contributed by atoms with E-state index >= 15 is 0 Å². The van der Waals surface area contributed by atoms with Crippen LogP contribution in [0.4, 0.5) is 0 Å². The maximum atomic E-state index is 12.0. The van der Waals surface area contributed by atoms with Crippen LogP contribution in [0.3, 0.4) is 0 Å². The third-order valence-corrected chi connectivity index (χ3v) is 4.35. The largest absolute Gasteiger partial charge is 0.493 e. The molecule has 7 heteroatoms. The van der Waals surface area contributed by atoms with Gasteiger partial charge in [0.1, 0.15) is 0 Å².